The minimum absolute atomic E-state index is 0.137. The molecule has 0 N–H and O–H groups in total. The molecular weight excluding hydrogens is 262 g/mol. The first-order valence-corrected chi connectivity index (χ1v) is 7.95. The quantitative estimate of drug-likeness (QED) is 0.775. The molecule has 2 unspecified atom stereocenters. The van der Waals surface area contributed by atoms with Crippen LogP contribution in [0, 0.1) is 0 Å². The predicted octanol–water partition coefficient (Wildman–Crippen LogP) is 4.29. The van der Waals surface area contributed by atoms with Crippen LogP contribution in [-0.4, -0.2) is 23.1 Å². The molecule has 1 aromatic rings. The largest absolute Gasteiger partial charge is 0.445 e. The van der Waals surface area contributed by atoms with Crippen LogP contribution in [0.4, 0.5) is 4.79 Å². The lowest BCUT2D eigenvalue weighted by Gasteiger charge is -2.35. The number of piperidine rings is 1. The van der Waals surface area contributed by atoms with Crippen LogP contribution in [0.1, 0.15) is 44.6 Å². The number of benzene rings is 1. The summed E-state index contributed by atoms with van der Waals surface area (Å²) in [5.41, 5.74) is 2.57. The highest BCUT2D eigenvalue weighted by Gasteiger charge is 2.41. The Labute approximate surface area is 126 Å². The SMILES string of the molecule is CCC=C1CC2CCC(C1)N2C(=O)OCc1ccccc1. The molecule has 1 amide bonds. The second-order valence-electron chi connectivity index (χ2n) is 6.01. The zero-order chi connectivity index (χ0) is 14.7. The van der Waals surface area contributed by atoms with Gasteiger partial charge in [-0.2, -0.15) is 0 Å². The molecule has 2 atom stereocenters. The number of hydrogen-bond donors (Lipinski definition) is 0. The second kappa shape index (κ2) is 6.33. The first-order valence-electron chi connectivity index (χ1n) is 7.95. The predicted molar refractivity (Wildman–Crippen MR) is 82.9 cm³/mol. The van der Waals surface area contributed by atoms with E-state index >= 15 is 0 Å². The van der Waals surface area contributed by atoms with Crippen LogP contribution in [0.5, 0.6) is 0 Å². The van der Waals surface area contributed by atoms with Crippen molar-refractivity contribution >= 4 is 6.09 Å². The summed E-state index contributed by atoms with van der Waals surface area (Å²) < 4.78 is 5.51. The molecule has 2 bridgehead atoms. The third kappa shape index (κ3) is 3.12. The summed E-state index contributed by atoms with van der Waals surface area (Å²) in [6.45, 7) is 2.54. The van der Waals surface area contributed by atoms with Gasteiger partial charge in [0.05, 0.1) is 0 Å². The van der Waals surface area contributed by atoms with Crippen LogP contribution in [0.2, 0.25) is 0 Å². The van der Waals surface area contributed by atoms with Gasteiger partial charge in [0.2, 0.25) is 0 Å². The minimum Gasteiger partial charge on any atom is -0.445 e. The van der Waals surface area contributed by atoms with E-state index in [1.54, 1.807) is 0 Å². The smallest absolute Gasteiger partial charge is 0.410 e. The Morgan fingerprint density at radius 3 is 2.52 bits per heavy atom. The molecule has 3 nitrogen and oxygen atoms in total. The van der Waals surface area contributed by atoms with E-state index in [1.807, 2.05) is 35.2 Å². The van der Waals surface area contributed by atoms with Crippen LogP contribution in [0.25, 0.3) is 0 Å². The van der Waals surface area contributed by atoms with E-state index in [0.717, 1.165) is 37.7 Å². The molecule has 0 radical (unpaired) electrons. The minimum atomic E-state index is -0.137. The van der Waals surface area contributed by atoms with Crippen molar-refractivity contribution in [3.63, 3.8) is 0 Å². The van der Waals surface area contributed by atoms with Crippen molar-refractivity contribution in [3.05, 3.63) is 47.5 Å². The van der Waals surface area contributed by atoms with Gasteiger partial charge in [0.25, 0.3) is 0 Å². The Balaban J connectivity index is 1.60. The molecule has 2 heterocycles. The van der Waals surface area contributed by atoms with E-state index in [1.165, 1.54) is 5.57 Å². The van der Waals surface area contributed by atoms with Crippen LogP contribution in [-0.2, 0) is 11.3 Å². The fraction of sp³-hybridized carbons (Fsp3) is 0.500. The average molecular weight is 285 g/mol. The van der Waals surface area contributed by atoms with E-state index in [2.05, 4.69) is 13.0 Å². The molecule has 2 aliphatic heterocycles. The summed E-state index contributed by atoms with van der Waals surface area (Å²) in [5.74, 6) is 0. The summed E-state index contributed by atoms with van der Waals surface area (Å²) in [6.07, 6.45) is 7.58. The van der Waals surface area contributed by atoms with Crippen LogP contribution in [0.15, 0.2) is 42.0 Å². The molecule has 112 valence electrons. The molecule has 21 heavy (non-hydrogen) atoms. The normalized spacial score (nSPS) is 24.0. The average Bonchev–Trinajstić information content (AvgIpc) is 2.78. The summed E-state index contributed by atoms with van der Waals surface area (Å²) in [6, 6.07) is 10.6. The number of ether oxygens (including phenoxy) is 1. The lowest BCUT2D eigenvalue weighted by molar-refractivity contribution is 0.0721. The van der Waals surface area contributed by atoms with Crippen molar-refractivity contribution in [2.24, 2.45) is 0 Å². The number of amides is 1. The first-order chi connectivity index (χ1) is 10.3. The van der Waals surface area contributed by atoms with Gasteiger partial charge in [0.15, 0.2) is 0 Å². The molecule has 2 saturated heterocycles. The summed E-state index contributed by atoms with van der Waals surface area (Å²) in [5, 5.41) is 0. The van der Waals surface area contributed by atoms with E-state index in [0.29, 0.717) is 18.7 Å². The van der Waals surface area contributed by atoms with Gasteiger partial charge < -0.3 is 9.64 Å². The Hall–Kier alpha value is -1.77. The van der Waals surface area contributed by atoms with Crippen LogP contribution >= 0.6 is 0 Å². The lowest BCUT2D eigenvalue weighted by Crippen LogP contribution is -2.44. The standard InChI is InChI=1S/C18H23NO2/c1-2-6-15-11-16-9-10-17(12-15)19(16)18(20)21-13-14-7-4-3-5-8-14/h3-8,16-17H,2,9-13H2,1H3. The molecule has 2 fully saturated rings. The van der Waals surface area contributed by atoms with Crippen molar-refractivity contribution < 1.29 is 9.53 Å². The summed E-state index contributed by atoms with van der Waals surface area (Å²) in [4.78, 5) is 14.4. The maximum atomic E-state index is 12.4. The molecular formula is C18H23NO2. The number of nitrogens with zero attached hydrogens (tertiary/aromatic N) is 1. The fourth-order valence-corrected chi connectivity index (χ4v) is 3.60. The van der Waals surface area contributed by atoms with Gasteiger partial charge in [0, 0.05) is 12.1 Å². The number of rotatable bonds is 3. The second-order valence-corrected chi connectivity index (χ2v) is 6.01. The van der Waals surface area contributed by atoms with Gasteiger partial charge in [0.1, 0.15) is 6.61 Å². The van der Waals surface area contributed by atoms with Gasteiger partial charge in [-0.05, 0) is 37.7 Å². The molecule has 3 rings (SSSR count). The first kappa shape index (κ1) is 14.2. The maximum Gasteiger partial charge on any atom is 0.410 e. The Kier molecular flexibility index (Phi) is 4.28. The van der Waals surface area contributed by atoms with Crippen molar-refractivity contribution in [1.82, 2.24) is 4.90 Å². The fourth-order valence-electron chi connectivity index (χ4n) is 3.60. The van der Waals surface area contributed by atoms with Crippen LogP contribution in [0.3, 0.4) is 0 Å². The topological polar surface area (TPSA) is 29.5 Å². The van der Waals surface area contributed by atoms with Crippen molar-refractivity contribution in [3.8, 4) is 0 Å². The molecule has 0 spiro atoms. The third-order valence-corrected chi connectivity index (χ3v) is 4.52. The third-order valence-electron chi connectivity index (χ3n) is 4.52. The van der Waals surface area contributed by atoms with Gasteiger partial charge in [-0.15, -0.1) is 0 Å². The molecule has 0 saturated carbocycles. The van der Waals surface area contributed by atoms with Crippen molar-refractivity contribution in [2.45, 2.75) is 57.7 Å². The molecule has 1 aromatic carbocycles. The van der Waals surface area contributed by atoms with Gasteiger partial charge in [-0.1, -0.05) is 48.9 Å². The monoisotopic (exact) mass is 285 g/mol. The lowest BCUT2D eigenvalue weighted by atomic mass is 9.96. The zero-order valence-corrected chi connectivity index (χ0v) is 12.6. The Morgan fingerprint density at radius 2 is 1.90 bits per heavy atom. The number of allylic oxidation sites excluding steroid dienone is 1. The van der Waals surface area contributed by atoms with Gasteiger partial charge in [-0.3, -0.25) is 0 Å². The highest BCUT2D eigenvalue weighted by molar-refractivity contribution is 5.69. The van der Waals surface area contributed by atoms with Gasteiger partial charge >= 0.3 is 6.09 Å². The van der Waals surface area contributed by atoms with Gasteiger partial charge in [-0.25, -0.2) is 4.79 Å². The zero-order valence-electron chi connectivity index (χ0n) is 12.6. The number of carbonyl (C=O) groups excluding carboxylic acids is 1. The summed E-state index contributed by atoms with van der Waals surface area (Å²) >= 11 is 0. The van der Waals surface area contributed by atoms with Crippen LogP contribution < -0.4 is 0 Å². The maximum absolute atomic E-state index is 12.4. The van der Waals surface area contributed by atoms with Crippen molar-refractivity contribution in [2.75, 3.05) is 0 Å². The number of fused-ring (bicyclic) bond motifs is 2. The Morgan fingerprint density at radius 1 is 1.24 bits per heavy atom. The molecule has 3 heteroatoms. The number of carbonyl (C=O) groups is 1. The van der Waals surface area contributed by atoms with Crippen molar-refractivity contribution in [1.29, 1.82) is 0 Å². The number of hydrogen-bond acceptors (Lipinski definition) is 2. The molecule has 2 aliphatic rings. The van der Waals surface area contributed by atoms with E-state index < -0.39 is 0 Å². The van der Waals surface area contributed by atoms with E-state index in [4.69, 9.17) is 4.74 Å². The highest BCUT2D eigenvalue weighted by atomic mass is 16.6. The summed E-state index contributed by atoms with van der Waals surface area (Å²) in [7, 11) is 0. The molecule has 0 aliphatic carbocycles. The molecule has 0 aromatic heterocycles. The Bertz CT molecular complexity index is 507. The highest BCUT2D eigenvalue weighted by Crippen LogP contribution is 2.38. The van der Waals surface area contributed by atoms with E-state index in [9.17, 15) is 4.79 Å². The van der Waals surface area contributed by atoms with E-state index in [-0.39, 0.29) is 6.09 Å².